The molecule has 2 N–H and O–H groups in total. The van der Waals surface area contributed by atoms with Gasteiger partial charge in [0.15, 0.2) is 5.16 Å². The Bertz CT molecular complexity index is 1070. The number of nitrogens with one attached hydrogen (secondary N) is 2. The van der Waals surface area contributed by atoms with Crippen LogP contribution >= 0.6 is 23.4 Å². The lowest BCUT2D eigenvalue weighted by Gasteiger charge is -2.13. The molecular weight excluding hydrogens is 420 g/mol. The summed E-state index contributed by atoms with van der Waals surface area (Å²) in [5.41, 5.74) is 3.09. The number of nitrogens with zero attached hydrogens (tertiary/aromatic N) is 2. The standard InChI is InChI=1S/C22H27ClN4O2S/c1-14(2)9-11-27-21(29)20-18(12-15(3)25-20)26-22(27)30-13-19(28)24-10-8-16-4-6-17(23)7-5-16/h4-7,12,14,25H,8-11,13H2,1-3H3,(H,24,28). The van der Waals surface area contributed by atoms with Crippen molar-refractivity contribution < 1.29 is 4.79 Å². The number of hydrogen-bond donors (Lipinski definition) is 2. The van der Waals surface area contributed by atoms with Crippen LogP contribution in [0.3, 0.4) is 0 Å². The number of aromatic nitrogens is 3. The third-order valence-corrected chi connectivity index (χ3v) is 5.98. The van der Waals surface area contributed by atoms with E-state index in [2.05, 4.69) is 29.1 Å². The number of benzene rings is 1. The molecule has 0 atom stereocenters. The monoisotopic (exact) mass is 446 g/mol. The van der Waals surface area contributed by atoms with Gasteiger partial charge in [-0.15, -0.1) is 0 Å². The van der Waals surface area contributed by atoms with Gasteiger partial charge in [0, 0.05) is 23.8 Å². The zero-order chi connectivity index (χ0) is 21.7. The molecule has 0 aliphatic carbocycles. The fourth-order valence-corrected chi connectivity index (χ4v) is 4.07. The minimum atomic E-state index is -0.0839. The van der Waals surface area contributed by atoms with Gasteiger partial charge in [-0.25, -0.2) is 4.98 Å². The van der Waals surface area contributed by atoms with Gasteiger partial charge in [-0.3, -0.25) is 14.2 Å². The predicted octanol–water partition coefficient (Wildman–Crippen LogP) is 4.18. The molecule has 1 amide bonds. The molecule has 0 spiro atoms. The smallest absolute Gasteiger partial charge is 0.278 e. The molecule has 3 aromatic rings. The fourth-order valence-electron chi connectivity index (χ4n) is 3.08. The van der Waals surface area contributed by atoms with Gasteiger partial charge >= 0.3 is 0 Å². The number of rotatable bonds is 9. The van der Waals surface area contributed by atoms with E-state index in [-0.39, 0.29) is 17.2 Å². The molecule has 3 rings (SSSR count). The molecule has 0 radical (unpaired) electrons. The van der Waals surface area contributed by atoms with Crippen LogP contribution in [0.15, 0.2) is 40.3 Å². The molecule has 0 aliphatic heterocycles. The SMILES string of the molecule is Cc1cc2nc(SCC(=O)NCCc3ccc(Cl)cc3)n(CCC(C)C)c(=O)c2[nH]1. The first-order chi connectivity index (χ1) is 14.3. The number of thioether (sulfide) groups is 1. The summed E-state index contributed by atoms with van der Waals surface area (Å²) in [4.78, 5) is 33.0. The van der Waals surface area contributed by atoms with Gasteiger partial charge in [-0.2, -0.15) is 0 Å². The molecule has 2 aromatic heterocycles. The summed E-state index contributed by atoms with van der Waals surface area (Å²) in [6, 6.07) is 9.45. The Morgan fingerprint density at radius 3 is 2.73 bits per heavy atom. The number of hydrogen-bond acceptors (Lipinski definition) is 4. The van der Waals surface area contributed by atoms with Crippen molar-refractivity contribution in [1.82, 2.24) is 19.9 Å². The van der Waals surface area contributed by atoms with Crippen LogP contribution in [-0.2, 0) is 17.8 Å². The maximum atomic E-state index is 12.9. The van der Waals surface area contributed by atoms with Crippen molar-refractivity contribution in [2.75, 3.05) is 12.3 Å². The number of fused-ring (bicyclic) bond motifs is 1. The second-order valence-electron chi connectivity index (χ2n) is 7.76. The van der Waals surface area contributed by atoms with Crippen LogP contribution < -0.4 is 10.9 Å². The van der Waals surface area contributed by atoms with Crippen molar-refractivity contribution in [2.45, 2.75) is 45.3 Å². The molecular formula is C22H27ClN4O2S. The molecule has 0 aliphatic rings. The Morgan fingerprint density at radius 2 is 2.03 bits per heavy atom. The summed E-state index contributed by atoms with van der Waals surface area (Å²) >= 11 is 7.19. The van der Waals surface area contributed by atoms with Crippen LogP contribution in [0.2, 0.25) is 5.02 Å². The first-order valence-electron chi connectivity index (χ1n) is 10.1. The fraction of sp³-hybridized carbons (Fsp3) is 0.409. The number of H-pyrrole nitrogens is 1. The van der Waals surface area contributed by atoms with E-state index >= 15 is 0 Å². The van der Waals surface area contributed by atoms with Gasteiger partial charge in [0.1, 0.15) is 5.52 Å². The average Bonchev–Trinajstić information content (AvgIpc) is 3.07. The van der Waals surface area contributed by atoms with Crippen LogP contribution in [0, 0.1) is 12.8 Å². The Hall–Kier alpha value is -2.25. The Morgan fingerprint density at radius 1 is 1.30 bits per heavy atom. The summed E-state index contributed by atoms with van der Waals surface area (Å²) in [6.45, 7) is 7.27. The largest absolute Gasteiger partial charge is 0.355 e. The lowest BCUT2D eigenvalue weighted by Crippen LogP contribution is -2.28. The molecule has 0 unspecified atom stereocenters. The highest BCUT2D eigenvalue weighted by Gasteiger charge is 2.15. The molecule has 2 heterocycles. The zero-order valence-corrected chi connectivity index (χ0v) is 19.1. The van der Waals surface area contributed by atoms with Crippen LogP contribution in [0.1, 0.15) is 31.5 Å². The van der Waals surface area contributed by atoms with E-state index in [4.69, 9.17) is 11.6 Å². The van der Waals surface area contributed by atoms with Gasteiger partial charge in [-0.1, -0.05) is 49.3 Å². The number of amides is 1. The van der Waals surface area contributed by atoms with Gasteiger partial charge in [0.05, 0.1) is 11.3 Å². The van der Waals surface area contributed by atoms with Gasteiger partial charge in [-0.05, 0) is 49.4 Å². The maximum Gasteiger partial charge on any atom is 0.278 e. The van der Waals surface area contributed by atoms with E-state index in [0.717, 1.165) is 24.1 Å². The van der Waals surface area contributed by atoms with Crippen molar-refractivity contribution in [3.05, 3.63) is 57.0 Å². The van der Waals surface area contributed by atoms with E-state index in [0.29, 0.717) is 40.2 Å². The number of aromatic amines is 1. The first kappa shape index (κ1) is 22.4. The number of carbonyl (C=O) groups excluding carboxylic acids is 1. The van der Waals surface area contributed by atoms with Crippen LogP contribution in [0.4, 0.5) is 0 Å². The third kappa shape index (κ3) is 5.89. The van der Waals surface area contributed by atoms with Crippen molar-refractivity contribution in [2.24, 2.45) is 5.92 Å². The minimum Gasteiger partial charge on any atom is -0.355 e. The predicted molar refractivity (Wildman–Crippen MR) is 123 cm³/mol. The topological polar surface area (TPSA) is 79.8 Å². The Kier molecular flexibility index (Phi) is 7.61. The van der Waals surface area contributed by atoms with E-state index in [1.807, 2.05) is 37.3 Å². The molecule has 1 aromatic carbocycles. The van der Waals surface area contributed by atoms with Gasteiger partial charge in [0.25, 0.3) is 5.56 Å². The summed E-state index contributed by atoms with van der Waals surface area (Å²) in [6.07, 6.45) is 1.60. The quantitative estimate of drug-likeness (QED) is 0.381. The van der Waals surface area contributed by atoms with E-state index in [9.17, 15) is 9.59 Å². The molecule has 8 heteroatoms. The first-order valence-corrected chi connectivity index (χ1v) is 11.4. The minimum absolute atomic E-state index is 0.0797. The highest BCUT2D eigenvalue weighted by Crippen LogP contribution is 2.19. The third-order valence-electron chi connectivity index (χ3n) is 4.75. The van der Waals surface area contributed by atoms with Crippen molar-refractivity contribution >= 4 is 40.3 Å². The van der Waals surface area contributed by atoms with Gasteiger partial charge in [0.2, 0.25) is 5.91 Å². The number of halogens is 1. The zero-order valence-electron chi connectivity index (χ0n) is 17.5. The number of carbonyl (C=O) groups is 1. The lowest BCUT2D eigenvalue weighted by molar-refractivity contribution is -0.118. The number of aryl methyl sites for hydroxylation is 1. The van der Waals surface area contributed by atoms with Crippen LogP contribution in [0.25, 0.3) is 11.0 Å². The summed E-state index contributed by atoms with van der Waals surface area (Å²) < 4.78 is 1.68. The molecule has 0 saturated heterocycles. The molecule has 160 valence electrons. The molecule has 0 fully saturated rings. The maximum absolute atomic E-state index is 12.9. The molecule has 0 bridgehead atoms. The normalized spacial score (nSPS) is 11.4. The molecule has 0 saturated carbocycles. The molecule has 30 heavy (non-hydrogen) atoms. The van der Waals surface area contributed by atoms with Crippen LogP contribution in [0.5, 0.6) is 0 Å². The van der Waals surface area contributed by atoms with Crippen molar-refractivity contribution in [3.63, 3.8) is 0 Å². The Balaban J connectivity index is 1.64. The second kappa shape index (κ2) is 10.2. The lowest BCUT2D eigenvalue weighted by atomic mass is 10.1. The summed E-state index contributed by atoms with van der Waals surface area (Å²) in [7, 11) is 0. The summed E-state index contributed by atoms with van der Waals surface area (Å²) in [5, 5.41) is 4.21. The summed E-state index contributed by atoms with van der Waals surface area (Å²) in [5.74, 6) is 0.597. The van der Waals surface area contributed by atoms with Crippen molar-refractivity contribution in [1.29, 1.82) is 0 Å². The van der Waals surface area contributed by atoms with E-state index in [1.165, 1.54) is 11.8 Å². The highest BCUT2D eigenvalue weighted by molar-refractivity contribution is 7.99. The van der Waals surface area contributed by atoms with E-state index in [1.54, 1.807) is 4.57 Å². The highest BCUT2D eigenvalue weighted by atomic mass is 35.5. The van der Waals surface area contributed by atoms with Crippen molar-refractivity contribution in [3.8, 4) is 0 Å². The van der Waals surface area contributed by atoms with Gasteiger partial charge < -0.3 is 10.3 Å². The molecule has 6 nitrogen and oxygen atoms in total. The average molecular weight is 447 g/mol. The second-order valence-corrected chi connectivity index (χ2v) is 9.14. The van der Waals surface area contributed by atoms with Crippen LogP contribution in [-0.4, -0.2) is 32.7 Å². The van der Waals surface area contributed by atoms with E-state index < -0.39 is 0 Å². The Labute approximate surface area is 185 Å².